The maximum absolute atomic E-state index is 9.84. The van der Waals surface area contributed by atoms with Crippen molar-refractivity contribution in [2.45, 2.75) is 52.4 Å². The number of aromatic amines is 1. The molecule has 2 N–H and O–H groups in total. The fourth-order valence-electron chi connectivity index (χ4n) is 3.57. The Morgan fingerprint density at radius 2 is 2.00 bits per heavy atom. The molecular formula is C22H28N4O3. The Morgan fingerprint density at radius 3 is 2.62 bits per heavy atom. The molecule has 0 amide bonds. The molecule has 1 aliphatic heterocycles. The van der Waals surface area contributed by atoms with E-state index in [9.17, 15) is 5.26 Å². The van der Waals surface area contributed by atoms with Crippen LogP contribution in [0.3, 0.4) is 0 Å². The standard InChI is InChI=1S/C22H28N4O3/c1-6-10-28-15-9-8-13(11-16(15)27-7-2)17-14(12-23)20(24)29-21-18(17)19(25-26-21)22(3,4)5/h8-9,11,14,17,24H,6-7,10H2,1-5H3,(H,25,26). The SMILES string of the molecule is CCCOc1ccc(C2c3c(n[nH]c3C(C)(C)C)OC(=N)C2C#N)cc1OCC. The maximum Gasteiger partial charge on any atom is 0.243 e. The second-order valence-electron chi connectivity index (χ2n) is 8.11. The van der Waals surface area contributed by atoms with E-state index < -0.39 is 5.92 Å². The first-order valence-electron chi connectivity index (χ1n) is 9.95. The van der Waals surface area contributed by atoms with Crippen LogP contribution in [0.4, 0.5) is 0 Å². The first-order valence-corrected chi connectivity index (χ1v) is 9.95. The molecule has 2 aromatic rings. The summed E-state index contributed by atoms with van der Waals surface area (Å²) < 4.78 is 17.2. The van der Waals surface area contributed by atoms with E-state index in [4.69, 9.17) is 19.6 Å². The normalized spacial score (nSPS) is 18.6. The zero-order valence-corrected chi connectivity index (χ0v) is 17.6. The van der Waals surface area contributed by atoms with Crippen LogP contribution >= 0.6 is 0 Å². The summed E-state index contributed by atoms with van der Waals surface area (Å²) in [6.07, 6.45) is 0.897. The van der Waals surface area contributed by atoms with Gasteiger partial charge in [-0.1, -0.05) is 33.8 Å². The lowest BCUT2D eigenvalue weighted by Crippen LogP contribution is -2.32. The first kappa shape index (κ1) is 20.7. The molecule has 1 aromatic heterocycles. The molecule has 0 saturated heterocycles. The highest BCUT2D eigenvalue weighted by atomic mass is 16.5. The van der Waals surface area contributed by atoms with Crippen molar-refractivity contribution in [1.82, 2.24) is 10.2 Å². The Bertz CT molecular complexity index is 937. The topological polar surface area (TPSA) is 104 Å². The third kappa shape index (κ3) is 3.93. The minimum Gasteiger partial charge on any atom is -0.490 e. The molecule has 0 bridgehead atoms. The van der Waals surface area contributed by atoms with Gasteiger partial charge in [0, 0.05) is 22.6 Å². The summed E-state index contributed by atoms with van der Waals surface area (Å²) >= 11 is 0. The molecule has 0 radical (unpaired) electrons. The number of nitriles is 1. The van der Waals surface area contributed by atoms with Crippen LogP contribution in [-0.4, -0.2) is 29.3 Å². The molecule has 0 saturated carbocycles. The van der Waals surface area contributed by atoms with Gasteiger partial charge < -0.3 is 14.2 Å². The van der Waals surface area contributed by atoms with E-state index in [0.29, 0.717) is 30.6 Å². The largest absolute Gasteiger partial charge is 0.490 e. The summed E-state index contributed by atoms with van der Waals surface area (Å²) in [5.41, 5.74) is 2.36. The summed E-state index contributed by atoms with van der Waals surface area (Å²) in [5.74, 6) is 0.440. The summed E-state index contributed by atoms with van der Waals surface area (Å²) in [4.78, 5) is 0. The van der Waals surface area contributed by atoms with Gasteiger partial charge in [0.1, 0.15) is 5.92 Å². The molecule has 0 fully saturated rings. The molecule has 0 aliphatic carbocycles. The van der Waals surface area contributed by atoms with Crippen molar-refractivity contribution in [1.29, 1.82) is 10.7 Å². The van der Waals surface area contributed by atoms with Gasteiger partial charge in [-0.05, 0) is 31.0 Å². The van der Waals surface area contributed by atoms with Crippen molar-refractivity contribution in [2.75, 3.05) is 13.2 Å². The third-order valence-corrected chi connectivity index (χ3v) is 4.88. The molecule has 2 atom stereocenters. The number of rotatable bonds is 6. The predicted octanol–water partition coefficient (Wildman–Crippen LogP) is 4.54. The fraction of sp³-hybridized carbons (Fsp3) is 0.500. The minimum atomic E-state index is -0.752. The van der Waals surface area contributed by atoms with Gasteiger partial charge in [-0.3, -0.25) is 10.5 Å². The van der Waals surface area contributed by atoms with Crippen LogP contribution in [0.25, 0.3) is 0 Å². The lowest BCUT2D eigenvalue weighted by atomic mass is 9.76. The highest BCUT2D eigenvalue weighted by molar-refractivity contribution is 5.85. The summed E-state index contributed by atoms with van der Waals surface area (Å²) in [6.45, 7) is 11.3. The third-order valence-electron chi connectivity index (χ3n) is 4.88. The highest BCUT2D eigenvalue weighted by Crippen LogP contribution is 2.47. The zero-order valence-electron chi connectivity index (χ0n) is 17.6. The van der Waals surface area contributed by atoms with Crippen molar-refractivity contribution >= 4 is 5.90 Å². The maximum atomic E-state index is 9.84. The number of hydrogen-bond acceptors (Lipinski definition) is 6. The number of benzene rings is 1. The quantitative estimate of drug-likeness (QED) is 0.746. The number of H-pyrrole nitrogens is 1. The Hall–Kier alpha value is -3.01. The van der Waals surface area contributed by atoms with Crippen LogP contribution in [0.1, 0.15) is 63.8 Å². The van der Waals surface area contributed by atoms with Gasteiger partial charge in [0.2, 0.25) is 11.8 Å². The van der Waals surface area contributed by atoms with Crippen molar-refractivity contribution in [2.24, 2.45) is 5.92 Å². The Morgan fingerprint density at radius 1 is 1.24 bits per heavy atom. The summed E-state index contributed by atoms with van der Waals surface area (Å²) in [7, 11) is 0. The molecule has 3 rings (SSSR count). The van der Waals surface area contributed by atoms with Gasteiger partial charge >= 0.3 is 0 Å². The number of nitrogens with one attached hydrogen (secondary N) is 2. The van der Waals surface area contributed by atoms with Gasteiger partial charge in [0.05, 0.1) is 19.3 Å². The van der Waals surface area contributed by atoms with Crippen LogP contribution in [0, 0.1) is 22.7 Å². The minimum absolute atomic E-state index is 0.0961. The Kier molecular flexibility index (Phi) is 5.83. The van der Waals surface area contributed by atoms with Crippen molar-refractivity contribution in [3.63, 3.8) is 0 Å². The van der Waals surface area contributed by atoms with E-state index in [1.54, 1.807) is 0 Å². The molecule has 154 valence electrons. The van der Waals surface area contributed by atoms with Gasteiger partial charge in [0.25, 0.3) is 0 Å². The number of hydrogen-bond donors (Lipinski definition) is 2. The van der Waals surface area contributed by atoms with Crippen molar-refractivity contribution in [3.05, 3.63) is 35.0 Å². The van der Waals surface area contributed by atoms with Crippen LogP contribution in [0.2, 0.25) is 0 Å². The Labute approximate surface area is 171 Å². The molecule has 1 aliphatic rings. The second kappa shape index (κ2) is 8.16. The first-order chi connectivity index (χ1) is 13.8. The van der Waals surface area contributed by atoms with Crippen LogP contribution in [0.15, 0.2) is 18.2 Å². The molecule has 7 nitrogen and oxygen atoms in total. The number of nitrogens with zero attached hydrogens (tertiary/aromatic N) is 2. The van der Waals surface area contributed by atoms with Gasteiger partial charge in [-0.15, -0.1) is 5.10 Å². The average Bonchev–Trinajstić information content (AvgIpc) is 3.09. The number of ether oxygens (including phenoxy) is 3. The van der Waals surface area contributed by atoms with Crippen LogP contribution in [0.5, 0.6) is 17.4 Å². The van der Waals surface area contributed by atoms with Crippen LogP contribution < -0.4 is 14.2 Å². The zero-order chi connectivity index (χ0) is 21.2. The smallest absolute Gasteiger partial charge is 0.243 e. The van der Waals surface area contributed by atoms with Gasteiger partial charge in [-0.2, -0.15) is 5.26 Å². The molecule has 2 unspecified atom stereocenters. The molecule has 0 spiro atoms. The molecule has 1 aromatic carbocycles. The second-order valence-corrected chi connectivity index (χ2v) is 8.11. The molecule has 2 heterocycles. The summed E-state index contributed by atoms with van der Waals surface area (Å²) in [5, 5.41) is 25.4. The monoisotopic (exact) mass is 396 g/mol. The Balaban J connectivity index is 2.16. The van der Waals surface area contributed by atoms with Crippen LogP contribution in [-0.2, 0) is 5.41 Å². The van der Waals surface area contributed by atoms with Crippen molar-refractivity contribution < 1.29 is 14.2 Å². The van der Waals surface area contributed by atoms with E-state index >= 15 is 0 Å². The van der Waals surface area contributed by atoms with E-state index in [-0.39, 0.29) is 17.2 Å². The van der Waals surface area contributed by atoms with Gasteiger partial charge in [-0.25, -0.2) is 0 Å². The van der Waals surface area contributed by atoms with E-state index in [0.717, 1.165) is 23.2 Å². The lowest BCUT2D eigenvalue weighted by molar-refractivity contribution is 0.276. The molecule has 29 heavy (non-hydrogen) atoms. The highest BCUT2D eigenvalue weighted by Gasteiger charge is 2.42. The van der Waals surface area contributed by atoms with Crippen molar-refractivity contribution in [3.8, 4) is 23.4 Å². The lowest BCUT2D eigenvalue weighted by Gasteiger charge is -2.30. The summed E-state index contributed by atoms with van der Waals surface area (Å²) in [6, 6.07) is 7.97. The van der Waals surface area contributed by atoms with E-state index in [1.165, 1.54) is 0 Å². The fourth-order valence-corrected chi connectivity index (χ4v) is 3.57. The predicted molar refractivity (Wildman–Crippen MR) is 110 cm³/mol. The van der Waals surface area contributed by atoms with E-state index in [2.05, 4.69) is 37.0 Å². The molecular weight excluding hydrogens is 368 g/mol. The molecule has 7 heteroatoms. The average molecular weight is 396 g/mol. The number of fused-ring (bicyclic) bond motifs is 1. The van der Waals surface area contributed by atoms with Gasteiger partial charge in [0.15, 0.2) is 11.5 Å². The number of aromatic nitrogens is 2. The van der Waals surface area contributed by atoms with E-state index in [1.807, 2.05) is 32.0 Å².